The molecule has 0 aliphatic heterocycles. The summed E-state index contributed by atoms with van der Waals surface area (Å²) in [4.78, 5) is 27.9. The van der Waals surface area contributed by atoms with Crippen LogP contribution in [0.3, 0.4) is 0 Å². The molecule has 1 N–H and O–H groups in total. The number of carbonyl (C=O) groups is 2. The van der Waals surface area contributed by atoms with Gasteiger partial charge < -0.3 is 10.2 Å². The number of rotatable bonds is 11. The van der Waals surface area contributed by atoms with Gasteiger partial charge in [-0.3, -0.25) is 13.9 Å². The lowest BCUT2D eigenvalue weighted by atomic mass is 10.1. The second-order valence-electron chi connectivity index (χ2n) is 7.69. The van der Waals surface area contributed by atoms with Crippen LogP contribution < -0.4 is 9.62 Å². The van der Waals surface area contributed by atoms with Crippen LogP contribution in [0.2, 0.25) is 10.0 Å². The summed E-state index contributed by atoms with van der Waals surface area (Å²) in [6.45, 7) is 3.72. The van der Waals surface area contributed by atoms with E-state index in [0.29, 0.717) is 38.7 Å². The maximum atomic E-state index is 13.6. The number of benzene rings is 2. The molecule has 0 aliphatic carbocycles. The predicted molar refractivity (Wildman–Crippen MR) is 141 cm³/mol. The maximum Gasteiger partial charge on any atom is 0.244 e. The highest BCUT2D eigenvalue weighted by Crippen LogP contribution is 2.28. The van der Waals surface area contributed by atoms with Crippen LogP contribution in [0.1, 0.15) is 32.3 Å². The van der Waals surface area contributed by atoms with Gasteiger partial charge in [0, 0.05) is 27.6 Å². The van der Waals surface area contributed by atoms with Gasteiger partial charge in [0.15, 0.2) is 0 Å². The van der Waals surface area contributed by atoms with Gasteiger partial charge in [0.05, 0.1) is 11.9 Å². The number of sulfonamides is 1. The second-order valence-corrected chi connectivity index (χ2v) is 11.3. The smallest absolute Gasteiger partial charge is 0.244 e. The van der Waals surface area contributed by atoms with Crippen molar-refractivity contribution in [3.05, 3.63) is 62.5 Å². The molecule has 186 valence electrons. The summed E-state index contributed by atoms with van der Waals surface area (Å²) in [6.07, 6.45) is 2.11. The highest BCUT2D eigenvalue weighted by atomic mass is 79.9. The SMILES string of the molecule is CCCNC(=O)C(CC)N(Cc1ccc(Cl)cc1Cl)C(=O)CN(c1ccccc1Br)S(C)(=O)=O. The number of amides is 2. The van der Waals surface area contributed by atoms with Gasteiger partial charge in [-0.25, -0.2) is 8.42 Å². The minimum atomic E-state index is -3.81. The molecular formula is C23H28BrCl2N3O4S. The normalized spacial score (nSPS) is 12.2. The summed E-state index contributed by atoms with van der Waals surface area (Å²) in [7, 11) is -3.81. The monoisotopic (exact) mass is 591 g/mol. The maximum absolute atomic E-state index is 13.6. The van der Waals surface area contributed by atoms with E-state index in [0.717, 1.165) is 17.0 Å². The van der Waals surface area contributed by atoms with E-state index in [9.17, 15) is 18.0 Å². The van der Waals surface area contributed by atoms with Gasteiger partial charge in [-0.1, -0.05) is 55.2 Å². The molecule has 2 rings (SSSR count). The van der Waals surface area contributed by atoms with Gasteiger partial charge in [-0.05, 0) is 58.6 Å². The van der Waals surface area contributed by atoms with Crippen molar-refractivity contribution in [3.8, 4) is 0 Å². The summed E-state index contributed by atoms with van der Waals surface area (Å²) in [5, 5.41) is 3.61. The molecule has 0 fully saturated rings. The molecule has 0 heterocycles. The lowest BCUT2D eigenvalue weighted by Gasteiger charge is -2.33. The topological polar surface area (TPSA) is 86.8 Å². The molecule has 7 nitrogen and oxygen atoms in total. The molecule has 2 aromatic carbocycles. The van der Waals surface area contributed by atoms with Gasteiger partial charge in [0.25, 0.3) is 0 Å². The number of hydrogen-bond donors (Lipinski definition) is 1. The molecule has 2 aromatic rings. The Bertz CT molecular complexity index is 1130. The fraction of sp³-hybridized carbons (Fsp3) is 0.391. The van der Waals surface area contributed by atoms with Crippen LogP contribution in [0.4, 0.5) is 5.69 Å². The average Bonchev–Trinajstić information content (AvgIpc) is 2.77. The molecule has 0 aliphatic rings. The number of carbonyl (C=O) groups excluding carboxylic acids is 2. The molecule has 1 atom stereocenters. The van der Waals surface area contributed by atoms with Crippen molar-refractivity contribution in [1.29, 1.82) is 0 Å². The van der Waals surface area contributed by atoms with Crippen molar-refractivity contribution in [2.24, 2.45) is 0 Å². The second kappa shape index (κ2) is 12.8. The zero-order chi connectivity index (χ0) is 25.5. The van der Waals surface area contributed by atoms with E-state index in [-0.39, 0.29) is 12.5 Å². The van der Waals surface area contributed by atoms with Gasteiger partial charge >= 0.3 is 0 Å². The van der Waals surface area contributed by atoms with Crippen LogP contribution in [0.25, 0.3) is 0 Å². The van der Waals surface area contributed by atoms with Gasteiger partial charge in [-0.15, -0.1) is 0 Å². The highest BCUT2D eigenvalue weighted by Gasteiger charge is 2.32. The molecule has 0 aromatic heterocycles. The Kier molecular flexibility index (Phi) is 10.7. The van der Waals surface area contributed by atoms with Crippen molar-refractivity contribution in [2.45, 2.75) is 39.3 Å². The first-order valence-corrected chi connectivity index (χ1v) is 14.1. The third-order valence-corrected chi connectivity index (χ3v) is 7.48. The molecule has 2 amide bonds. The third kappa shape index (κ3) is 7.60. The highest BCUT2D eigenvalue weighted by molar-refractivity contribution is 9.10. The van der Waals surface area contributed by atoms with E-state index < -0.39 is 28.5 Å². The molecule has 0 bridgehead atoms. The van der Waals surface area contributed by atoms with Crippen LogP contribution in [0.5, 0.6) is 0 Å². The van der Waals surface area contributed by atoms with Crippen LogP contribution in [-0.4, -0.2) is 50.5 Å². The van der Waals surface area contributed by atoms with E-state index >= 15 is 0 Å². The number of anilines is 1. The van der Waals surface area contributed by atoms with Crippen LogP contribution in [0.15, 0.2) is 46.9 Å². The van der Waals surface area contributed by atoms with Gasteiger partial charge in [0.2, 0.25) is 21.8 Å². The van der Waals surface area contributed by atoms with E-state index in [4.69, 9.17) is 23.2 Å². The predicted octanol–water partition coefficient (Wildman–Crippen LogP) is 4.86. The van der Waals surface area contributed by atoms with Crippen LogP contribution in [0, 0.1) is 0 Å². The Morgan fingerprint density at radius 1 is 1.12 bits per heavy atom. The third-order valence-electron chi connectivity index (χ3n) is 5.09. The molecule has 0 saturated heterocycles. The number of nitrogens with zero attached hydrogens (tertiary/aromatic N) is 2. The van der Waals surface area contributed by atoms with Gasteiger partial charge in [-0.2, -0.15) is 0 Å². The van der Waals surface area contributed by atoms with Crippen molar-refractivity contribution in [1.82, 2.24) is 10.2 Å². The molecule has 0 radical (unpaired) electrons. The van der Waals surface area contributed by atoms with Crippen molar-refractivity contribution < 1.29 is 18.0 Å². The average molecular weight is 593 g/mol. The van der Waals surface area contributed by atoms with Crippen molar-refractivity contribution in [2.75, 3.05) is 23.7 Å². The quantitative estimate of drug-likeness (QED) is 0.404. The first-order valence-electron chi connectivity index (χ1n) is 10.7. The van der Waals surface area contributed by atoms with E-state index in [1.165, 1.54) is 4.90 Å². The minimum absolute atomic E-state index is 0.0143. The van der Waals surface area contributed by atoms with Crippen molar-refractivity contribution in [3.63, 3.8) is 0 Å². The molecular weight excluding hydrogens is 565 g/mol. The Morgan fingerprint density at radius 2 is 1.79 bits per heavy atom. The first-order chi connectivity index (χ1) is 16.0. The number of para-hydroxylation sites is 1. The molecule has 11 heteroatoms. The summed E-state index contributed by atoms with van der Waals surface area (Å²) < 4.78 is 26.8. The summed E-state index contributed by atoms with van der Waals surface area (Å²) in [5.74, 6) is -0.847. The first kappa shape index (κ1) is 28.4. The van der Waals surface area contributed by atoms with Crippen LogP contribution >= 0.6 is 39.1 Å². The Labute approximate surface area is 219 Å². The van der Waals surface area contributed by atoms with E-state index in [1.54, 1.807) is 49.4 Å². The lowest BCUT2D eigenvalue weighted by molar-refractivity contribution is -0.140. The Morgan fingerprint density at radius 3 is 2.35 bits per heavy atom. The number of nitrogens with one attached hydrogen (secondary N) is 1. The fourth-order valence-electron chi connectivity index (χ4n) is 3.37. The van der Waals surface area contributed by atoms with E-state index in [2.05, 4.69) is 21.2 Å². The molecule has 0 saturated carbocycles. The largest absolute Gasteiger partial charge is 0.354 e. The van der Waals surface area contributed by atoms with Crippen molar-refractivity contribution >= 4 is 66.7 Å². The molecule has 1 unspecified atom stereocenters. The number of halogens is 3. The fourth-order valence-corrected chi connectivity index (χ4v) is 5.31. The Hall–Kier alpha value is -1.81. The molecule has 0 spiro atoms. The number of hydrogen-bond acceptors (Lipinski definition) is 4. The Balaban J connectivity index is 2.47. The zero-order valence-electron chi connectivity index (χ0n) is 19.2. The standard InChI is InChI=1S/C23H28BrCl2N3O4S/c1-4-12-27-23(31)20(5-2)28(14-16-10-11-17(25)13-19(16)26)22(30)15-29(34(3,32)33)21-9-7-6-8-18(21)24/h6-11,13,20H,4-5,12,14-15H2,1-3H3,(H,27,31). The lowest BCUT2D eigenvalue weighted by Crippen LogP contribution is -2.52. The minimum Gasteiger partial charge on any atom is -0.354 e. The van der Waals surface area contributed by atoms with Gasteiger partial charge in [0.1, 0.15) is 12.6 Å². The summed E-state index contributed by atoms with van der Waals surface area (Å²) in [6, 6.07) is 10.8. The van der Waals surface area contributed by atoms with Crippen LogP contribution in [-0.2, 0) is 26.2 Å². The molecule has 34 heavy (non-hydrogen) atoms. The zero-order valence-corrected chi connectivity index (χ0v) is 23.1. The summed E-state index contributed by atoms with van der Waals surface area (Å²) >= 11 is 15.7. The summed E-state index contributed by atoms with van der Waals surface area (Å²) in [5.41, 5.74) is 0.916. The van der Waals surface area contributed by atoms with E-state index in [1.807, 2.05) is 6.92 Å².